The number of nitrogens with one attached hydrogen (secondary N) is 2. The number of rotatable bonds is 5. The lowest BCUT2D eigenvalue weighted by molar-refractivity contribution is -0.121. The molecule has 0 saturated carbocycles. The predicted octanol–water partition coefficient (Wildman–Crippen LogP) is 2.11. The van der Waals surface area contributed by atoms with Crippen molar-refractivity contribution < 1.29 is 4.79 Å². The molecule has 1 unspecified atom stereocenters. The van der Waals surface area contributed by atoms with Crippen molar-refractivity contribution in [2.24, 2.45) is 5.92 Å². The summed E-state index contributed by atoms with van der Waals surface area (Å²) >= 11 is 0. The van der Waals surface area contributed by atoms with E-state index in [1.54, 1.807) is 0 Å². The van der Waals surface area contributed by atoms with Crippen LogP contribution in [0, 0.1) is 5.92 Å². The van der Waals surface area contributed by atoms with E-state index in [1.807, 2.05) is 30.3 Å². The maximum absolute atomic E-state index is 11.6. The molecular weight excluding hydrogens is 248 g/mol. The van der Waals surface area contributed by atoms with Gasteiger partial charge in [-0.25, -0.2) is 0 Å². The topological polar surface area (TPSA) is 41.1 Å². The van der Waals surface area contributed by atoms with Crippen LogP contribution in [-0.2, 0) is 11.3 Å². The average molecular weight is 269 g/mol. The van der Waals surface area contributed by atoms with Crippen molar-refractivity contribution in [2.75, 3.05) is 13.1 Å². The van der Waals surface area contributed by atoms with Gasteiger partial charge in [-0.05, 0) is 37.4 Å². The summed E-state index contributed by atoms with van der Waals surface area (Å²) in [7, 11) is 0. The SMILES string of the molecule is Cl.O=C(CCC1CCNC1)NCc1ccccc1. The largest absolute Gasteiger partial charge is 0.352 e. The highest BCUT2D eigenvalue weighted by Gasteiger charge is 2.15. The highest BCUT2D eigenvalue weighted by Crippen LogP contribution is 2.13. The zero-order chi connectivity index (χ0) is 11.9. The molecule has 1 fully saturated rings. The fourth-order valence-corrected chi connectivity index (χ4v) is 2.18. The summed E-state index contributed by atoms with van der Waals surface area (Å²) in [5.41, 5.74) is 1.16. The second-order valence-corrected chi connectivity index (χ2v) is 4.66. The molecule has 1 aliphatic rings. The molecule has 3 nitrogen and oxygen atoms in total. The minimum absolute atomic E-state index is 0. The molecule has 2 N–H and O–H groups in total. The van der Waals surface area contributed by atoms with Crippen LogP contribution < -0.4 is 10.6 Å². The molecule has 0 aromatic heterocycles. The fourth-order valence-electron chi connectivity index (χ4n) is 2.18. The molecule has 1 heterocycles. The van der Waals surface area contributed by atoms with Gasteiger partial charge < -0.3 is 10.6 Å². The first kappa shape index (κ1) is 15.0. The Kier molecular flexibility index (Phi) is 6.76. The summed E-state index contributed by atoms with van der Waals surface area (Å²) in [5, 5.41) is 6.29. The minimum Gasteiger partial charge on any atom is -0.352 e. The maximum Gasteiger partial charge on any atom is 0.220 e. The number of hydrogen-bond acceptors (Lipinski definition) is 2. The third kappa shape index (κ3) is 5.07. The normalized spacial score (nSPS) is 18.1. The van der Waals surface area contributed by atoms with E-state index in [9.17, 15) is 4.79 Å². The van der Waals surface area contributed by atoms with Gasteiger partial charge >= 0.3 is 0 Å². The van der Waals surface area contributed by atoms with Crippen LogP contribution in [-0.4, -0.2) is 19.0 Å². The van der Waals surface area contributed by atoms with Crippen molar-refractivity contribution in [3.63, 3.8) is 0 Å². The Morgan fingerprint density at radius 1 is 1.33 bits per heavy atom. The second kappa shape index (κ2) is 8.11. The number of amides is 1. The van der Waals surface area contributed by atoms with E-state index in [4.69, 9.17) is 0 Å². The molecule has 2 rings (SSSR count). The summed E-state index contributed by atoms with van der Waals surface area (Å²) in [6.07, 6.45) is 2.87. The van der Waals surface area contributed by atoms with Crippen molar-refractivity contribution in [3.8, 4) is 0 Å². The molecule has 1 aromatic carbocycles. The standard InChI is InChI=1S/C14H20N2O.ClH/c17-14(7-6-13-8-9-15-10-13)16-11-12-4-2-1-3-5-12;/h1-5,13,15H,6-11H2,(H,16,17);1H. The quantitative estimate of drug-likeness (QED) is 0.859. The lowest BCUT2D eigenvalue weighted by atomic mass is 10.0. The summed E-state index contributed by atoms with van der Waals surface area (Å²) in [6.45, 7) is 2.82. The molecule has 4 heteroatoms. The van der Waals surface area contributed by atoms with Crippen LogP contribution in [0.25, 0.3) is 0 Å². The lowest BCUT2D eigenvalue weighted by Crippen LogP contribution is -2.23. The van der Waals surface area contributed by atoms with Crippen LogP contribution >= 0.6 is 12.4 Å². The van der Waals surface area contributed by atoms with Gasteiger partial charge in [0.1, 0.15) is 0 Å². The highest BCUT2D eigenvalue weighted by molar-refractivity contribution is 5.85. The van der Waals surface area contributed by atoms with Gasteiger partial charge in [-0.1, -0.05) is 30.3 Å². The van der Waals surface area contributed by atoms with Gasteiger partial charge in [0.15, 0.2) is 0 Å². The third-order valence-corrected chi connectivity index (χ3v) is 3.27. The van der Waals surface area contributed by atoms with Gasteiger partial charge in [0, 0.05) is 13.0 Å². The van der Waals surface area contributed by atoms with E-state index in [0.717, 1.165) is 25.1 Å². The molecule has 0 spiro atoms. The Bertz CT molecular complexity index is 350. The predicted molar refractivity (Wildman–Crippen MR) is 75.7 cm³/mol. The molecule has 100 valence electrons. The van der Waals surface area contributed by atoms with Gasteiger partial charge in [0.2, 0.25) is 5.91 Å². The summed E-state index contributed by atoms with van der Waals surface area (Å²) in [4.78, 5) is 11.6. The number of benzene rings is 1. The van der Waals surface area contributed by atoms with Crippen molar-refractivity contribution in [1.82, 2.24) is 10.6 Å². The smallest absolute Gasteiger partial charge is 0.220 e. The molecule has 0 radical (unpaired) electrons. The first-order valence-corrected chi connectivity index (χ1v) is 6.36. The summed E-state index contributed by atoms with van der Waals surface area (Å²) in [6, 6.07) is 10.0. The van der Waals surface area contributed by atoms with Gasteiger partial charge in [0.25, 0.3) is 0 Å². The first-order chi connectivity index (χ1) is 8.34. The molecule has 1 aliphatic heterocycles. The molecule has 1 aromatic rings. The van der Waals surface area contributed by atoms with E-state index >= 15 is 0 Å². The molecule has 0 aliphatic carbocycles. The Morgan fingerprint density at radius 3 is 2.78 bits per heavy atom. The van der Waals surface area contributed by atoms with E-state index in [0.29, 0.717) is 18.9 Å². The number of hydrogen-bond donors (Lipinski definition) is 2. The van der Waals surface area contributed by atoms with Crippen molar-refractivity contribution >= 4 is 18.3 Å². The maximum atomic E-state index is 11.6. The Balaban J connectivity index is 0.00000162. The van der Waals surface area contributed by atoms with Crippen LogP contribution in [0.2, 0.25) is 0 Å². The number of carbonyl (C=O) groups excluding carboxylic acids is 1. The van der Waals surface area contributed by atoms with Crippen LogP contribution in [0.4, 0.5) is 0 Å². The minimum atomic E-state index is 0. The zero-order valence-electron chi connectivity index (χ0n) is 10.5. The number of halogens is 1. The van der Waals surface area contributed by atoms with E-state index in [-0.39, 0.29) is 18.3 Å². The van der Waals surface area contributed by atoms with Crippen molar-refractivity contribution in [3.05, 3.63) is 35.9 Å². The molecular formula is C14H21ClN2O. The van der Waals surface area contributed by atoms with Crippen LogP contribution in [0.15, 0.2) is 30.3 Å². The van der Waals surface area contributed by atoms with Crippen molar-refractivity contribution in [1.29, 1.82) is 0 Å². The van der Waals surface area contributed by atoms with Crippen LogP contribution in [0.3, 0.4) is 0 Å². The summed E-state index contributed by atoms with van der Waals surface area (Å²) in [5.74, 6) is 0.859. The zero-order valence-corrected chi connectivity index (χ0v) is 11.3. The monoisotopic (exact) mass is 268 g/mol. The van der Waals surface area contributed by atoms with Gasteiger partial charge in [0.05, 0.1) is 0 Å². The molecule has 1 atom stereocenters. The first-order valence-electron chi connectivity index (χ1n) is 6.36. The van der Waals surface area contributed by atoms with E-state index in [1.165, 1.54) is 6.42 Å². The van der Waals surface area contributed by atoms with Gasteiger partial charge in [-0.15, -0.1) is 12.4 Å². The Labute approximate surface area is 115 Å². The lowest BCUT2D eigenvalue weighted by Gasteiger charge is -2.08. The van der Waals surface area contributed by atoms with Crippen molar-refractivity contribution in [2.45, 2.75) is 25.8 Å². The third-order valence-electron chi connectivity index (χ3n) is 3.27. The highest BCUT2D eigenvalue weighted by atomic mass is 35.5. The molecule has 1 amide bonds. The molecule has 18 heavy (non-hydrogen) atoms. The molecule has 0 bridgehead atoms. The van der Waals surface area contributed by atoms with Gasteiger partial charge in [-0.2, -0.15) is 0 Å². The summed E-state index contributed by atoms with van der Waals surface area (Å²) < 4.78 is 0. The second-order valence-electron chi connectivity index (χ2n) is 4.66. The van der Waals surface area contributed by atoms with E-state index in [2.05, 4.69) is 10.6 Å². The van der Waals surface area contributed by atoms with Crippen LogP contribution in [0.1, 0.15) is 24.8 Å². The Hall–Kier alpha value is -1.06. The molecule has 1 saturated heterocycles. The average Bonchev–Trinajstić information content (AvgIpc) is 2.88. The van der Waals surface area contributed by atoms with Gasteiger partial charge in [-0.3, -0.25) is 4.79 Å². The Morgan fingerprint density at radius 2 is 2.11 bits per heavy atom. The fraction of sp³-hybridized carbons (Fsp3) is 0.500. The number of carbonyl (C=O) groups is 1. The van der Waals surface area contributed by atoms with Crippen LogP contribution in [0.5, 0.6) is 0 Å². The van der Waals surface area contributed by atoms with E-state index < -0.39 is 0 Å².